The number of fused-ring (bicyclic) bond motifs is 2. The predicted octanol–water partition coefficient (Wildman–Crippen LogP) is 1.24. The van der Waals surface area contributed by atoms with E-state index < -0.39 is 0 Å². The van der Waals surface area contributed by atoms with Crippen molar-refractivity contribution in [3.8, 4) is 0 Å². The lowest BCUT2D eigenvalue weighted by Crippen LogP contribution is -2.31. The van der Waals surface area contributed by atoms with Crippen molar-refractivity contribution in [2.45, 2.75) is 25.8 Å². The van der Waals surface area contributed by atoms with Gasteiger partial charge in [-0.3, -0.25) is 9.89 Å². The minimum atomic E-state index is -0.0713. The number of H-pyrrole nitrogens is 1. The van der Waals surface area contributed by atoms with E-state index in [0.717, 1.165) is 56.7 Å². The number of aromatic amines is 1. The summed E-state index contributed by atoms with van der Waals surface area (Å²) in [5.41, 5.74) is 5.43. The number of rotatable bonds is 5. The normalized spacial score (nSPS) is 15.9. The lowest BCUT2D eigenvalue weighted by Gasteiger charge is -2.19. The van der Waals surface area contributed by atoms with Crippen molar-refractivity contribution in [2.24, 2.45) is 0 Å². The van der Waals surface area contributed by atoms with E-state index >= 15 is 0 Å². The zero-order valence-corrected chi connectivity index (χ0v) is 13.8. The van der Waals surface area contributed by atoms with E-state index in [0.29, 0.717) is 12.2 Å². The second kappa shape index (κ2) is 6.65. The van der Waals surface area contributed by atoms with Crippen molar-refractivity contribution in [3.05, 3.63) is 46.8 Å². The van der Waals surface area contributed by atoms with Crippen LogP contribution in [-0.2, 0) is 19.4 Å². The van der Waals surface area contributed by atoms with Crippen LogP contribution in [0.4, 0.5) is 5.69 Å². The maximum Gasteiger partial charge on any atom is 0.272 e. The van der Waals surface area contributed by atoms with E-state index in [-0.39, 0.29) is 5.91 Å². The Balaban J connectivity index is 1.28. The van der Waals surface area contributed by atoms with Crippen molar-refractivity contribution in [3.63, 3.8) is 0 Å². The number of amides is 1. The summed E-state index contributed by atoms with van der Waals surface area (Å²) >= 11 is 0. The van der Waals surface area contributed by atoms with Gasteiger partial charge in [0.1, 0.15) is 0 Å². The Morgan fingerprint density at radius 1 is 1.29 bits per heavy atom. The van der Waals surface area contributed by atoms with Gasteiger partial charge in [-0.25, -0.2) is 0 Å². The Morgan fingerprint density at radius 3 is 3.17 bits per heavy atom. The molecule has 1 aromatic carbocycles. The highest BCUT2D eigenvalue weighted by Gasteiger charge is 2.21. The van der Waals surface area contributed by atoms with Crippen LogP contribution in [0.5, 0.6) is 0 Å². The first-order chi connectivity index (χ1) is 11.8. The molecule has 126 valence electrons. The molecule has 1 aromatic heterocycles. The van der Waals surface area contributed by atoms with Gasteiger partial charge in [0, 0.05) is 56.1 Å². The van der Waals surface area contributed by atoms with E-state index in [1.165, 1.54) is 11.3 Å². The third-order valence-electron chi connectivity index (χ3n) is 4.90. The van der Waals surface area contributed by atoms with Gasteiger partial charge in [0.05, 0.1) is 0 Å². The molecule has 0 saturated carbocycles. The highest BCUT2D eigenvalue weighted by atomic mass is 16.1. The molecule has 24 heavy (non-hydrogen) atoms. The molecule has 0 aliphatic carbocycles. The second-order valence-electron chi connectivity index (χ2n) is 6.43. The molecule has 3 N–H and O–H groups in total. The molecule has 2 aliphatic rings. The molecule has 6 nitrogen and oxygen atoms in total. The van der Waals surface area contributed by atoms with E-state index in [2.05, 4.69) is 50.0 Å². The van der Waals surface area contributed by atoms with Gasteiger partial charge in [0.25, 0.3) is 5.91 Å². The number of aromatic nitrogens is 2. The summed E-state index contributed by atoms with van der Waals surface area (Å²) in [6.45, 7) is 4.38. The fourth-order valence-electron chi connectivity index (χ4n) is 3.61. The summed E-state index contributed by atoms with van der Waals surface area (Å²) in [7, 11) is 0. The molecule has 3 heterocycles. The van der Waals surface area contributed by atoms with Crippen molar-refractivity contribution >= 4 is 11.6 Å². The number of para-hydroxylation sites is 1. The number of nitrogens with one attached hydrogen (secondary N) is 3. The van der Waals surface area contributed by atoms with Gasteiger partial charge in [-0.1, -0.05) is 18.2 Å². The van der Waals surface area contributed by atoms with E-state index in [1.807, 2.05) is 0 Å². The van der Waals surface area contributed by atoms with Crippen LogP contribution in [-0.4, -0.2) is 42.3 Å². The summed E-state index contributed by atoms with van der Waals surface area (Å²) < 4.78 is 0. The molecule has 4 rings (SSSR count). The molecule has 0 atom stereocenters. The Labute approximate surface area is 141 Å². The molecule has 2 aromatic rings. The van der Waals surface area contributed by atoms with Gasteiger partial charge >= 0.3 is 0 Å². The van der Waals surface area contributed by atoms with Crippen molar-refractivity contribution in [1.82, 2.24) is 20.8 Å². The van der Waals surface area contributed by atoms with Crippen LogP contribution in [0.1, 0.15) is 33.7 Å². The zero-order chi connectivity index (χ0) is 16.4. The average Bonchev–Trinajstić information content (AvgIpc) is 3.23. The Morgan fingerprint density at radius 2 is 2.21 bits per heavy atom. The van der Waals surface area contributed by atoms with Crippen LogP contribution >= 0.6 is 0 Å². The predicted molar refractivity (Wildman–Crippen MR) is 93.3 cm³/mol. The van der Waals surface area contributed by atoms with Gasteiger partial charge in [-0.15, -0.1) is 0 Å². The van der Waals surface area contributed by atoms with E-state index in [9.17, 15) is 4.79 Å². The molecule has 2 aliphatic heterocycles. The van der Waals surface area contributed by atoms with Gasteiger partial charge in [-0.05, 0) is 24.5 Å². The first-order valence-electron chi connectivity index (χ1n) is 8.71. The van der Waals surface area contributed by atoms with Crippen molar-refractivity contribution < 1.29 is 4.79 Å². The standard InChI is InChI=1S/C18H23N5O/c24-18(17-14-12-19-9-6-15(14)21-22-17)20-8-3-10-23-11-7-13-4-1-2-5-16(13)23/h1-2,4-5,19H,3,6-12H2,(H,20,24)(H,21,22). The number of hydrogen-bond donors (Lipinski definition) is 3. The SMILES string of the molecule is O=C(NCCCN1CCc2ccccc21)c1n[nH]c2c1CNCC2. The lowest BCUT2D eigenvalue weighted by molar-refractivity contribution is 0.0947. The van der Waals surface area contributed by atoms with Gasteiger partial charge in [0.2, 0.25) is 0 Å². The number of benzene rings is 1. The Bertz CT molecular complexity index is 739. The monoisotopic (exact) mass is 325 g/mol. The molecule has 0 saturated heterocycles. The van der Waals surface area contributed by atoms with Gasteiger partial charge < -0.3 is 15.5 Å². The molecule has 0 unspecified atom stereocenters. The molecular weight excluding hydrogens is 302 g/mol. The largest absolute Gasteiger partial charge is 0.371 e. The Hall–Kier alpha value is -2.34. The van der Waals surface area contributed by atoms with Crippen molar-refractivity contribution in [2.75, 3.05) is 31.1 Å². The number of nitrogens with zero attached hydrogens (tertiary/aromatic N) is 2. The smallest absolute Gasteiger partial charge is 0.272 e. The molecule has 0 radical (unpaired) electrons. The topological polar surface area (TPSA) is 73.0 Å². The maximum atomic E-state index is 12.3. The fraction of sp³-hybridized carbons (Fsp3) is 0.444. The minimum Gasteiger partial charge on any atom is -0.371 e. The first-order valence-corrected chi connectivity index (χ1v) is 8.71. The fourth-order valence-corrected chi connectivity index (χ4v) is 3.61. The number of carbonyl (C=O) groups excluding carboxylic acids is 1. The molecule has 0 fully saturated rings. The highest BCUT2D eigenvalue weighted by molar-refractivity contribution is 5.94. The quantitative estimate of drug-likeness (QED) is 0.723. The van der Waals surface area contributed by atoms with Crippen LogP contribution < -0.4 is 15.5 Å². The zero-order valence-electron chi connectivity index (χ0n) is 13.8. The van der Waals surface area contributed by atoms with Gasteiger partial charge in [0.15, 0.2) is 5.69 Å². The van der Waals surface area contributed by atoms with E-state index in [1.54, 1.807) is 0 Å². The van der Waals surface area contributed by atoms with E-state index in [4.69, 9.17) is 0 Å². The number of carbonyl (C=O) groups is 1. The number of anilines is 1. The second-order valence-corrected chi connectivity index (χ2v) is 6.43. The van der Waals surface area contributed by atoms with Gasteiger partial charge in [-0.2, -0.15) is 5.10 Å². The highest BCUT2D eigenvalue weighted by Crippen LogP contribution is 2.27. The summed E-state index contributed by atoms with van der Waals surface area (Å²) in [4.78, 5) is 14.7. The van der Waals surface area contributed by atoms with Crippen LogP contribution in [0.2, 0.25) is 0 Å². The minimum absolute atomic E-state index is 0.0713. The third kappa shape index (κ3) is 2.89. The molecular formula is C18H23N5O. The maximum absolute atomic E-state index is 12.3. The first kappa shape index (κ1) is 15.2. The number of hydrogen-bond acceptors (Lipinski definition) is 4. The average molecular weight is 325 g/mol. The lowest BCUT2D eigenvalue weighted by atomic mass is 10.1. The summed E-state index contributed by atoms with van der Waals surface area (Å²) in [5.74, 6) is -0.0713. The van der Waals surface area contributed by atoms with Crippen LogP contribution in [0.15, 0.2) is 24.3 Å². The summed E-state index contributed by atoms with van der Waals surface area (Å²) in [6, 6.07) is 8.57. The molecule has 0 spiro atoms. The van der Waals surface area contributed by atoms with Crippen LogP contribution in [0, 0.1) is 0 Å². The third-order valence-corrected chi connectivity index (χ3v) is 4.90. The van der Waals surface area contributed by atoms with Crippen molar-refractivity contribution in [1.29, 1.82) is 0 Å². The van der Waals surface area contributed by atoms with Crippen LogP contribution in [0.25, 0.3) is 0 Å². The Kier molecular flexibility index (Phi) is 4.21. The molecule has 6 heteroatoms. The molecule has 1 amide bonds. The summed E-state index contributed by atoms with van der Waals surface area (Å²) in [5, 5.41) is 13.5. The molecule has 0 bridgehead atoms. The van der Waals surface area contributed by atoms with Crippen LogP contribution in [0.3, 0.4) is 0 Å². The summed E-state index contributed by atoms with van der Waals surface area (Å²) in [6.07, 6.45) is 2.96.